The molecule has 20 heavy (non-hydrogen) atoms. The van der Waals surface area contributed by atoms with Crippen LogP contribution in [-0.2, 0) is 6.42 Å². The first-order valence-corrected chi connectivity index (χ1v) is 7.54. The van der Waals surface area contributed by atoms with Crippen molar-refractivity contribution < 1.29 is 5.11 Å². The molecule has 1 aliphatic carbocycles. The van der Waals surface area contributed by atoms with Crippen molar-refractivity contribution in [2.75, 3.05) is 30.8 Å². The summed E-state index contributed by atoms with van der Waals surface area (Å²) in [5.41, 5.74) is 1.07. The molecule has 5 nitrogen and oxygen atoms in total. The maximum Gasteiger partial charge on any atom is 0.134 e. The average Bonchev–Trinajstić information content (AvgIpc) is 2.95. The molecule has 1 heterocycles. The SMILES string of the molecule is CCc1nc(NC)c(C)c(NCC2(CO)CCCC2)n1. The summed E-state index contributed by atoms with van der Waals surface area (Å²) in [6.45, 7) is 5.12. The van der Waals surface area contributed by atoms with Crippen LogP contribution in [0.5, 0.6) is 0 Å². The molecule has 0 aliphatic heterocycles. The molecule has 0 aromatic carbocycles. The maximum absolute atomic E-state index is 9.68. The Morgan fingerprint density at radius 3 is 2.40 bits per heavy atom. The number of aromatic nitrogens is 2. The summed E-state index contributed by atoms with van der Waals surface area (Å²) >= 11 is 0. The Bertz CT molecular complexity index is 455. The average molecular weight is 278 g/mol. The predicted molar refractivity (Wildman–Crippen MR) is 82.2 cm³/mol. The highest BCUT2D eigenvalue weighted by atomic mass is 16.3. The molecule has 0 radical (unpaired) electrons. The number of hydrogen-bond acceptors (Lipinski definition) is 5. The van der Waals surface area contributed by atoms with Crippen molar-refractivity contribution in [3.8, 4) is 0 Å². The van der Waals surface area contributed by atoms with Gasteiger partial charge in [0.25, 0.3) is 0 Å². The zero-order valence-electron chi connectivity index (χ0n) is 12.8. The van der Waals surface area contributed by atoms with Crippen molar-refractivity contribution in [1.82, 2.24) is 9.97 Å². The fourth-order valence-electron chi connectivity index (χ4n) is 2.92. The van der Waals surface area contributed by atoms with Gasteiger partial charge in [0.2, 0.25) is 0 Å². The van der Waals surface area contributed by atoms with E-state index in [1.54, 1.807) is 0 Å². The van der Waals surface area contributed by atoms with Crippen LogP contribution < -0.4 is 10.6 Å². The molecule has 0 amide bonds. The number of aliphatic hydroxyl groups is 1. The molecule has 1 aromatic rings. The van der Waals surface area contributed by atoms with Gasteiger partial charge in [0.05, 0.1) is 6.61 Å². The summed E-state index contributed by atoms with van der Waals surface area (Å²) in [5.74, 6) is 2.61. The molecule has 1 aromatic heterocycles. The van der Waals surface area contributed by atoms with Crippen LogP contribution in [0.3, 0.4) is 0 Å². The fraction of sp³-hybridized carbons (Fsp3) is 0.733. The van der Waals surface area contributed by atoms with E-state index in [1.807, 2.05) is 14.0 Å². The second kappa shape index (κ2) is 6.39. The molecule has 5 heteroatoms. The van der Waals surface area contributed by atoms with E-state index in [-0.39, 0.29) is 12.0 Å². The Morgan fingerprint density at radius 2 is 1.85 bits per heavy atom. The molecule has 0 bridgehead atoms. The topological polar surface area (TPSA) is 70.1 Å². The highest BCUT2D eigenvalue weighted by molar-refractivity contribution is 5.57. The van der Waals surface area contributed by atoms with Crippen molar-refractivity contribution in [3.63, 3.8) is 0 Å². The fourth-order valence-corrected chi connectivity index (χ4v) is 2.92. The Balaban J connectivity index is 2.16. The highest BCUT2D eigenvalue weighted by Gasteiger charge is 2.33. The summed E-state index contributed by atoms with van der Waals surface area (Å²) in [4.78, 5) is 9.06. The standard InChI is InChI=1S/C15H26N4O/c1-4-12-18-13(16-3)11(2)14(19-12)17-9-15(10-20)7-5-6-8-15/h20H,4-10H2,1-3H3,(H2,16,17,18,19). The van der Waals surface area contributed by atoms with Gasteiger partial charge >= 0.3 is 0 Å². The van der Waals surface area contributed by atoms with Crippen LogP contribution in [0, 0.1) is 12.3 Å². The zero-order valence-corrected chi connectivity index (χ0v) is 12.8. The number of rotatable bonds is 6. The number of aliphatic hydroxyl groups excluding tert-OH is 1. The molecule has 1 fully saturated rings. The third kappa shape index (κ3) is 3.03. The Kier molecular flexibility index (Phi) is 4.81. The van der Waals surface area contributed by atoms with E-state index in [9.17, 15) is 5.11 Å². The molecule has 1 saturated carbocycles. The highest BCUT2D eigenvalue weighted by Crippen LogP contribution is 2.37. The van der Waals surface area contributed by atoms with Crippen molar-refractivity contribution in [3.05, 3.63) is 11.4 Å². The van der Waals surface area contributed by atoms with Gasteiger partial charge < -0.3 is 15.7 Å². The second-order valence-corrected chi connectivity index (χ2v) is 5.78. The number of aryl methyl sites for hydroxylation is 1. The lowest BCUT2D eigenvalue weighted by Crippen LogP contribution is -2.31. The van der Waals surface area contributed by atoms with E-state index in [2.05, 4.69) is 27.5 Å². The molecule has 1 aliphatic rings. The van der Waals surface area contributed by atoms with E-state index < -0.39 is 0 Å². The van der Waals surface area contributed by atoms with Crippen LogP contribution in [0.4, 0.5) is 11.6 Å². The van der Waals surface area contributed by atoms with Gasteiger partial charge in [-0.15, -0.1) is 0 Å². The van der Waals surface area contributed by atoms with Gasteiger partial charge in [-0.25, -0.2) is 9.97 Å². The predicted octanol–water partition coefficient (Wildman–Crippen LogP) is 2.35. The van der Waals surface area contributed by atoms with Gasteiger partial charge in [0.15, 0.2) is 0 Å². The zero-order chi connectivity index (χ0) is 14.6. The molecule has 0 saturated heterocycles. The molecule has 3 N–H and O–H groups in total. The Hall–Kier alpha value is -1.36. The third-order valence-electron chi connectivity index (χ3n) is 4.38. The monoisotopic (exact) mass is 278 g/mol. The Morgan fingerprint density at radius 1 is 1.20 bits per heavy atom. The minimum Gasteiger partial charge on any atom is -0.396 e. The summed E-state index contributed by atoms with van der Waals surface area (Å²) in [6.07, 6.45) is 5.44. The third-order valence-corrected chi connectivity index (χ3v) is 4.38. The van der Waals surface area contributed by atoms with Gasteiger partial charge in [-0.05, 0) is 19.8 Å². The van der Waals surface area contributed by atoms with Crippen LogP contribution in [0.25, 0.3) is 0 Å². The van der Waals surface area contributed by atoms with Crippen molar-refractivity contribution >= 4 is 11.6 Å². The van der Waals surface area contributed by atoms with Crippen molar-refractivity contribution in [2.24, 2.45) is 5.41 Å². The first-order valence-electron chi connectivity index (χ1n) is 7.54. The first kappa shape index (κ1) is 15.0. The molecular weight excluding hydrogens is 252 g/mol. The van der Waals surface area contributed by atoms with Crippen LogP contribution in [0.2, 0.25) is 0 Å². The number of hydrogen-bond donors (Lipinski definition) is 3. The van der Waals surface area contributed by atoms with E-state index >= 15 is 0 Å². The minimum atomic E-state index is 0.0313. The van der Waals surface area contributed by atoms with Gasteiger partial charge in [-0.1, -0.05) is 19.8 Å². The molecule has 0 atom stereocenters. The lowest BCUT2D eigenvalue weighted by Gasteiger charge is -2.27. The number of anilines is 2. The van der Waals surface area contributed by atoms with Crippen molar-refractivity contribution in [1.29, 1.82) is 0 Å². The van der Waals surface area contributed by atoms with E-state index in [0.717, 1.165) is 48.8 Å². The van der Waals surface area contributed by atoms with Crippen LogP contribution in [0.15, 0.2) is 0 Å². The molecule has 0 unspecified atom stereocenters. The molecule has 112 valence electrons. The number of nitrogens with one attached hydrogen (secondary N) is 2. The largest absolute Gasteiger partial charge is 0.396 e. The van der Waals surface area contributed by atoms with Crippen molar-refractivity contribution in [2.45, 2.75) is 46.0 Å². The molecular formula is C15H26N4O. The normalized spacial score (nSPS) is 17.2. The van der Waals surface area contributed by atoms with Gasteiger partial charge in [-0.2, -0.15) is 0 Å². The summed E-state index contributed by atoms with van der Waals surface area (Å²) in [6, 6.07) is 0. The van der Waals surface area contributed by atoms with Gasteiger partial charge in [0.1, 0.15) is 17.5 Å². The van der Waals surface area contributed by atoms with E-state index in [4.69, 9.17) is 0 Å². The first-order chi connectivity index (χ1) is 9.64. The van der Waals surface area contributed by atoms with Crippen LogP contribution >= 0.6 is 0 Å². The summed E-state index contributed by atoms with van der Waals surface area (Å²) < 4.78 is 0. The Labute approximate surface area is 121 Å². The van der Waals surface area contributed by atoms with E-state index in [1.165, 1.54) is 12.8 Å². The van der Waals surface area contributed by atoms with Gasteiger partial charge in [-0.3, -0.25) is 0 Å². The lowest BCUT2D eigenvalue weighted by atomic mass is 9.87. The maximum atomic E-state index is 9.68. The number of nitrogens with zero attached hydrogens (tertiary/aromatic N) is 2. The second-order valence-electron chi connectivity index (χ2n) is 5.78. The molecule has 0 spiro atoms. The van der Waals surface area contributed by atoms with Crippen LogP contribution in [0.1, 0.15) is 44.0 Å². The quantitative estimate of drug-likeness (QED) is 0.745. The van der Waals surface area contributed by atoms with E-state index in [0.29, 0.717) is 0 Å². The molecule has 2 rings (SSSR count). The summed E-state index contributed by atoms with van der Waals surface area (Å²) in [5, 5.41) is 16.2. The summed E-state index contributed by atoms with van der Waals surface area (Å²) in [7, 11) is 1.88. The minimum absolute atomic E-state index is 0.0313. The smallest absolute Gasteiger partial charge is 0.134 e. The van der Waals surface area contributed by atoms with Gasteiger partial charge in [0, 0.05) is 31.0 Å². The lowest BCUT2D eigenvalue weighted by molar-refractivity contribution is 0.142. The van der Waals surface area contributed by atoms with Crippen LogP contribution in [-0.4, -0.2) is 35.3 Å².